The summed E-state index contributed by atoms with van der Waals surface area (Å²) in [5.74, 6) is 0. The van der Waals surface area contributed by atoms with Crippen LogP contribution in [0, 0.1) is 6.92 Å². The summed E-state index contributed by atoms with van der Waals surface area (Å²) in [5.41, 5.74) is 1.09. The number of rotatable bonds is 2. The van der Waals surface area contributed by atoms with Crippen molar-refractivity contribution in [3.05, 3.63) is 29.8 Å². The molecule has 0 fully saturated rings. The third kappa shape index (κ3) is 2.20. The van der Waals surface area contributed by atoms with Gasteiger partial charge in [-0.3, -0.25) is 0 Å². The van der Waals surface area contributed by atoms with Crippen LogP contribution in [-0.2, 0) is 7.01 Å². The number of hydrogen-bond acceptors (Lipinski definition) is 2. The molecule has 0 amide bonds. The van der Waals surface area contributed by atoms with E-state index < -0.39 is 26.8 Å². The molecule has 0 aliphatic carbocycles. The summed E-state index contributed by atoms with van der Waals surface area (Å²) in [7, 11) is -2.88. The fourth-order valence-electron chi connectivity index (χ4n) is 0.801. The van der Waals surface area contributed by atoms with Crippen LogP contribution in [0.2, 0.25) is 0 Å². The molecule has 1 aromatic rings. The van der Waals surface area contributed by atoms with Crippen molar-refractivity contribution >= 4 is 26.8 Å². The molecule has 1 aromatic carbocycles. The summed E-state index contributed by atoms with van der Waals surface area (Å²) in [6.07, 6.45) is 0. The second kappa shape index (κ2) is 3.74. The molecule has 0 atom stereocenters. The number of alkyl halides is 1. The predicted molar refractivity (Wildman–Crippen MR) is 59.7 cm³/mol. The van der Waals surface area contributed by atoms with Gasteiger partial charge in [0.1, 0.15) is 0 Å². The van der Waals surface area contributed by atoms with Crippen LogP contribution in [-0.4, -0.2) is 13.3 Å². The predicted octanol–water partition coefficient (Wildman–Crippen LogP) is 2.02. The van der Waals surface area contributed by atoms with Crippen LogP contribution in [0.4, 0.5) is 0 Å². The summed E-state index contributed by atoms with van der Waals surface area (Å²) >= 11 is -0.922. The van der Waals surface area contributed by atoms with Crippen molar-refractivity contribution in [3.8, 4) is 0 Å². The van der Waals surface area contributed by atoms with Gasteiger partial charge in [0, 0.05) is 0 Å². The van der Waals surface area contributed by atoms with Gasteiger partial charge in [0.2, 0.25) is 0 Å². The van der Waals surface area contributed by atoms with Gasteiger partial charge in [-0.05, 0) is 0 Å². The quantitative estimate of drug-likeness (QED) is 0.475. The molecule has 12 heavy (non-hydrogen) atoms. The molecule has 0 spiro atoms. The maximum absolute atomic E-state index is 11.4. The number of halogens is 1. The van der Waals surface area contributed by atoms with Gasteiger partial charge in [-0.25, -0.2) is 0 Å². The molecule has 0 aromatic heterocycles. The summed E-state index contributed by atoms with van der Waals surface area (Å²) < 4.78 is 22.7. The molecule has 0 bridgehead atoms. The minimum absolute atomic E-state index is 0.470. The molecule has 0 aliphatic heterocycles. The molecule has 4 heteroatoms. The van der Waals surface area contributed by atoms with Crippen LogP contribution >= 0.6 is 19.8 Å². The van der Waals surface area contributed by atoms with Gasteiger partial charge in [-0.2, -0.15) is 0 Å². The molecule has 2 nitrogen and oxygen atoms in total. The van der Waals surface area contributed by atoms with E-state index >= 15 is 0 Å². The maximum atomic E-state index is 11.4. The zero-order valence-corrected chi connectivity index (χ0v) is 10.1. The average Bonchev–Trinajstić information content (AvgIpc) is 2.05. The van der Waals surface area contributed by atoms with E-state index in [1.54, 1.807) is 17.1 Å². The molecule has 0 saturated heterocycles. The van der Waals surface area contributed by atoms with E-state index in [0.717, 1.165) is 5.56 Å². The molecular weight excluding hydrogens is 287 g/mol. The Morgan fingerprint density at radius 3 is 2.08 bits per heavy atom. The van der Waals surface area contributed by atoms with Crippen molar-refractivity contribution in [2.45, 2.75) is 11.8 Å². The van der Waals surface area contributed by atoms with Crippen molar-refractivity contribution in [1.82, 2.24) is 0 Å². The first-order chi connectivity index (χ1) is 5.56. The topological polar surface area (TPSA) is 34.1 Å². The standard InChI is InChI=1S/C8H11IO2S/c1-7-3-5-8(6-4-7)12(10,11)9-2/h3-6,9H,1-2H3. The van der Waals surface area contributed by atoms with E-state index in [9.17, 15) is 8.42 Å². The van der Waals surface area contributed by atoms with Crippen LogP contribution in [0.3, 0.4) is 0 Å². The van der Waals surface area contributed by atoms with Crippen LogP contribution in [0.25, 0.3) is 0 Å². The van der Waals surface area contributed by atoms with Gasteiger partial charge in [0.15, 0.2) is 0 Å². The Hall–Kier alpha value is -0.1000. The minimum atomic E-state index is -2.88. The third-order valence-electron chi connectivity index (χ3n) is 1.53. The number of aryl methyl sites for hydroxylation is 1. The Bertz CT molecular complexity index is 353. The van der Waals surface area contributed by atoms with Crippen LogP contribution in [0.5, 0.6) is 0 Å². The zero-order valence-electron chi connectivity index (χ0n) is 6.94. The Morgan fingerprint density at radius 2 is 1.67 bits per heavy atom. The summed E-state index contributed by atoms with van der Waals surface area (Å²) in [5, 5.41) is 0. The van der Waals surface area contributed by atoms with E-state index in [0.29, 0.717) is 4.90 Å². The average molecular weight is 298 g/mol. The fourth-order valence-corrected chi connectivity index (χ4v) is 4.06. The zero-order chi connectivity index (χ0) is 9.19. The Labute approximate surface area is 81.6 Å². The van der Waals surface area contributed by atoms with Gasteiger partial charge in [-0.15, -0.1) is 0 Å². The van der Waals surface area contributed by atoms with Gasteiger partial charge in [0.25, 0.3) is 0 Å². The van der Waals surface area contributed by atoms with Crippen molar-refractivity contribution in [3.63, 3.8) is 0 Å². The fraction of sp³-hybridized carbons (Fsp3) is 0.250. The second-order valence-corrected chi connectivity index (χ2v) is 10.8. The van der Waals surface area contributed by atoms with E-state index in [-0.39, 0.29) is 0 Å². The van der Waals surface area contributed by atoms with Crippen molar-refractivity contribution in [2.75, 3.05) is 4.93 Å². The summed E-state index contributed by atoms with van der Waals surface area (Å²) in [6.45, 7) is 1.94. The van der Waals surface area contributed by atoms with E-state index in [2.05, 4.69) is 0 Å². The molecule has 0 unspecified atom stereocenters. The van der Waals surface area contributed by atoms with Crippen LogP contribution in [0.1, 0.15) is 5.56 Å². The summed E-state index contributed by atoms with van der Waals surface area (Å²) in [6, 6.07) is 7.02. The first-order valence-corrected chi connectivity index (χ1v) is 10.0. The molecular formula is C8H11IO2S. The SMILES string of the molecule is C[IH]S(=O)(=O)c1ccc(C)cc1. The van der Waals surface area contributed by atoms with Gasteiger partial charge in [-0.1, -0.05) is 0 Å². The van der Waals surface area contributed by atoms with Crippen LogP contribution < -0.4 is 0 Å². The molecule has 68 valence electrons. The first-order valence-electron chi connectivity index (χ1n) is 3.43. The summed E-state index contributed by atoms with van der Waals surface area (Å²) in [4.78, 5) is 2.25. The molecule has 0 aliphatic rings. The van der Waals surface area contributed by atoms with Crippen molar-refractivity contribution in [1.29, 1.82) is 0 Å². The molecule has 1 rings (SSSR count). The van der Waals surface area contributed by atoms with Gasteiger partial charge >= 0.3 is 81.8 Å². The molecule has 0 radical (unpaired) electrons. The van der Waals surface area contributed by atoms with E-state index in [1.165, 1.54) is 0 Å². The van der Waals surface area contributed by atoms with Gasteiger partial charge < -0.3 is 0 Å². The molecule has 0 N–H and O–H groups in total. The Kier molecular flexibility index (Phi) is 3.11. The number of benzene rings is 1. The van der Waals surface area contributed by atoms with Crippen molar-refractivity contribution in [2.24, 2.45) is 0 Å². The molecule has 0 heterocycles. The monoisotopic (exact) mass is 298 g/mol. The molecule has 0 saturated carbocycles. The Balaban J connectivity index is 3.14. The normalized spacial score (nSPS) is 11.8. The van der Waals surface area contributed by atoms with Crippen molar-refractivity contribution < 1.29 is 8.42 Å². The first kappa shape index (κ1) is 9.98. The Morgan fingerprint density at radius 1 is 1.17 bits per heavy atom. The third-order valence-corrected chi connectivity index (χ3v) is 8.22. The second-order valence-electron chi connectivity index (χ2n) is 2.43. The van der Waals surface area contributed by atoms with E-state index in [1.807, 2.05) is 19.1 Å². The van der Waals surface area contributed by atoms with Crippen LogP contribution in [0.15, 0.2) is 29.2 Å². The number of hydrogen-bond donors (Lipinski definition) is 0. The van der Waals surface area contributed by atoms with E-state index in [4.69, 9.17) is 0 Å². The van der Waals surface area contributed by atoms with Gasteiger partial charge in [0.05, 0.1) is 0 Å².